The summed E-state index contributed by atoms with van der Waals surface area (Å²) in [7, 11) is 1.65. The zero-order chi connectivity index (χ0) is 14.5. The van der Waals surface area contributed by atoms with Crippen LogP contribution >= 0.6 is 0 Å². The Balaban J connectivity index is 2.11. The first kappa shape index (κ1) is 13.3. The summed E-state index contributed by atoms with van der Waals surface area (Å²) in [5.74, 6) is -0.646. The zero-order valence-electron chi connectivity index (χ0n) is 11.8. The predicted molar refractivity (Wildman–Crippen MR) is 75.3 cm³/mol. The topological polar surface area (TPSA) is 57.6 Å². The van der Waals surface area contributed by atoms with E-state index in [0.29, 0.717) is 30.0 Å². The van der Waals surface area contributed by atoms with Gasteiger partial charge in [0.1, 0.15) is 5.78 Å². The van der Waals surface area contributed by atoms with Crippen molar-refractivity contribution in [3.63, 3.8) is 0 Å². The molecule has 1 aromatic rings. The van der Waals surface area contributed by atoms with Gasteiger partial charge in [0.15, 0.2) is 5.60 Å². The highest BCUT2D eigenvalue weighted by Crippen LogP contribution is 2.47. The van der Waals surface area contributed by atoms with Gasteiger partial charge in [0.05, 0.1) is 11.6 Å². The lowest BCUT2D eigenvalue weighted by Crippen LogP contribution is -2.49. The van der Waals surface area contributed by atoms with Gasteiger partial charge in [-0.25, -0.2) is 0 Å². The van der Waals surface area contributed by atoms with Gasteiger partial charge in [-0.15, -0.1) is 0 Å². The first-order valence-corrected chi connectivity index (χ1v) is 7.09. The molecular formula is C16H19NO3. The third-order valence-corrected chi connectivity index (χ3v) is 4.72. The molecule has 0 unspecified atom stereocenters. The number of nitrogens with zero attached hydrogens (tertiary/aromatic N) is 1. The van der Waals surface area contributed by atoms with Crippen molar-refractivity contribution in [2.24, 2.45) is 11.8 Å². The number of rotatable bonds is 1. The van der Waals surface area contributed by atoms with Crippen LogP contribution in [0.3, 0.4) is 0 Å². The molecule has 2 aliphatic rings. The quantitative estimate of drug-likeness (QED) is 0.849. The van der Waals surface area contributed by atoms with Crippen LogP contribution in [0.4, 0.5) is 5.69 Å². The normalized spacial score (nSPS) is 33.5. The Labute approximate surface area is 118 Å². The molecule has 1 fully saturated rings. The lowest BCUT2D eigenvalue weighted by Gasteiger charge is -2.35. The summed E-state index contributed by atoms with van der Waals surface area (Å²) >= 11 is 0. The summed E-state index contributed by atoms with van der Waals surface area (Å²) in [5.41, 5.74) is -0.414. The Bertz CT molecular complexity index is 583. The predicted octanol–water partition coefficient (Wildman–Crippen LogP) is 1.86. The molecule has 4 heteroatoms. The monoisotopic (exact) mass is 273 g/mol. The largest absolute Gasteiger partial charge is 0.375 e. The summed E-state index contributed by atoms with van der Waals surface area (Å²) in [6.45, 7) is 2.07. The fourth-order valence-corrected chi connectivity index (χ4v) is 3.52. The van der Waals surface area contributed by atoms with Gasteiger partial charge in [0, 0.05) is 19.0 Å². The second kappa shape index (κ2) is 4.42. The van der Waals surface area contributed by atoms with Crippen molar-refractivity contribution in [1.29, 1.82) is 0 Å². The van der Waals surface area contributed by atoms with Crippen LogP contribution < -0.4 is 4.90 Å². The molecule has 1 aliphatic heterocycles. The van der Waals surface area contributed by atoms with Crippen LogP contribution in [0.25, 0.3) is 0 Å². The number of aliphatic hydroxyl groups is 1. The Hall–Kier alpha value is -1.68. The smallest absolute Gasteiger partial charge is 0.264 e. The van der Waals surface area contributed by atoms with Gasteiger partial charge in [-0.05, 0) is 24.8 Å². The fourth-order valence-electron chi connectivity index (χ4n) is 3.52. The number of benzene rings is 1. The van der Waals surface area contributed by atoms with E-state index >= 15 is 0 Å². The Morgan fingerprint density at radius 1 is 1.30 bits per heavy atom. The molecule has 0 radical (unpaired) electrons. The van der Waals surface area contributed by atoms with Crippen LogP contribution in [0.2, 0.25) is 0 Å². The molecule has 4 nitrogen and oxygen atoms in total. The third-order valence-electron chi connectivity index (χ3n) is 4.72. The van der Waals surface area contributed by atoms with E-state index in [9.17, 15) is 14.7 Å². The molecule has 20 heavy (non-hydrogen) atoms. The van der Waals surface area contributed by atoms with E-state index in [1.807, 2.05) is 12.1 Å². The average Bonchev–Trinajstić information content (AvgIpc) is 2.65. The maximum atomic E-state index is 12.6. The molecule has 1 aliphatic carbocycles. The van der Waals surface area contributed by atoms with Crippen LogP contribution in [0.1, 0.15) is 31.7 Å². The summed E-state index contributed by atoms with van der Waals surface area (Å²) in [5, 5.41) is 11.1. The molecule has 1 saturated carbocycles. The van der Waals surface area contributed by atoms with E-state index in [1.165, 1.54) is 4.90 Å². The summed E-state index contributed by atoms with van der Waals surface area (Å²) < 4.78 is 0. The number of amides is 1. The van der Waals surface area contributed by atoms with Gasteiger partial charge in [0.25, 0.3) is 5.91 Å². The minimum Gasteiger partial charge on any atom is -0.375 e. The highest BCUT2D eigenvalue weighted by molar-refractivity contribution is 6.09. The highest BCUT2D eigenvalue weighted by atomic mass is 16.3. The number of carbonyl (C=O) groups is 2. The molecule has 1 N–H and O–H groups in total. The van der Waals surface area contributed by atoms with E-state index in [2.05, 4.69) is 6.92 Å². The van der Waals surface area contributed by atoms with Gasteiger partial charge in [-0.3, -0.25) is 9.59 Å². The van der Waals surface area contributed by atoms with Gasteiger partial charge in [-0.2, -0.15) is 0 Å². The van der Waals surface area contributed by atoms with Crippen LogP contribution in [-0.4, -0.2) is 23.8 Å². The average molecular weight is 273 g/mol. The molecule has 3 atom stereocenters. The number of Topliss-reactive ketones (excluding diaryl/α,β-unsaturated/α-hetero) is 1. The molecular weight excluding hydrogens is 254 g/mol. The number of likely N-dealkylation sites (N-methyl/N-ethyl adjacent to an activating group) is 1. The van der Waals surface area contributed by atoms with Gasteiger partial charge in [-0.1, -0.05) is 25.1 Å². The Kier molecular flexibility index (Phi) is 2.94. The summed E-state index contributed by atoms with van der Waals surface area (Å²) in [6, 6.07) is 7.19. The van der Waals surface area contributed by atoms with Crippen molar-refractivity contribution in [3.8, 4) is 0 Å². The molecule has 106 valence electrons. The maximum absolute atomic E-state index is 12.6. The molecule has 0 spiro atoms. The molecule has 0 aromatic heterocycles. The number of hydrogen-bond acceptors (Lipinski definition) is 3. The number of fused-ring (bicyclic) bond motifs is 1. The number of hydrogen-bond donors (Lipinski definition) is 1. The third kappa shape index (κ3) is 1.64. The number of anilines is 1. The second-order valence-corrected chi connectivity index (χ2v) is 6.05. The Morgan fingerprint density at radius 2 is 2.00 bits per heavy atom. The SMILES string of the molecule is C[C@H]1CCC(=O)[C@H]([C@]2(O)C(=O)N(C)c3ccccc32)C1. The van der Waals surface area contributed by atoms with E-state index in [-0.39, 0.29) is 11.7 Å². The molecule has 3 rings (SSSR count). The van der Waals surface area contributed by atoms with Gasteiger partial charge >= 0.3 is 0 Å². The zero-order valence-corrected chi connectivity index (χ0v) is 11.8. The first-order chi connectivity index (χ1) is 9.46. The van der Waals surface area contributed by atoms with Gasteiger partial charge < -0.3 is 10.0 Å². The lowest BCUT2D eigenvalue weighted by molar-refractivity contribution is -0.153. The molecule has 1 heterocycles. The van der Waals surface area contributed by atoms with Crippen LogP contribution in [-0.2, 0) is 15.2 Å². The Morgan fingerprint density at radius 3 is 2.75 bits per heavy atom. The van der Waals surface area contributed by atoms with Crippen molar-refractivity contribution in [1.82, 2.24) is 0 Å². The van der Waals surface area contributed by atoms with E-state index in [0.717, 1.165) is 6.42 Å². The van der Waals surface area contributed by atoms with Crippen molar-refractivity contribution in [3.05, 3.63) is 29.8 Å². The molecule has 1 aromatic carbocycles. The minimum atomic E-state index is -1.68. The van der Waals surface area contributed by atoms with Crippen LogP contribution in [0.5, 0.6) is 0 Å². The number of para-hydroxylation sites is 1. The van der Waals surface area contributed by atoms with E-state index in [4.69, 9.17) is 0 Å². The van der Waals surface area contributed by atoms with E-state index < -0.39 is 11.5 Å². The van der Waals surface area contributed by atoms with Crippen LogP contribution in [0, 0.1) is 11.8 Å². The van der Waals surface area contributed by atoms with Crippen molar-refractivity contribution < 1.29 is 14.7 Å². The van der Waals surface area contributed by atoms with Crippen molar-refractivity contribution in [2.45, 2.75) is 31.8 Å². The van der Waals surface area contributed by atoms with E-state index in [1.54, 1.807) is 19.2 Å². The van der Waals surface area contributed by atoms with Crippen molar-refractivity contribution >= 4 is 17.4 Å². The number of ketones is 1. The summed E-state index contributed by atoms with van der Waals surface area (Å²) in [6.07, 6.45) is 1.87. The standard InChI is InChI=1S/C16H19NO3/c1-10-7-8-14(18)12(9-10)16(20)11-5-3-4-6-13(11)17(2)15(16)19/h3-6,10,12,20H,7-9H2,1-2H3/t10-,12+,16-/m0/s1. The van der Waals surface area contributed by atoms with Gasteiger partial charge in [0.2, 0.25) is 0 Å². The molecule has 0 saturated heterocycles. The maximum Gasteiger partial charge on any atom is 0.264 e. The number of carbonyl (C=O) groups excluding carboxylic acids is 2. The minimum absolute atomic E-state index is 0.00375. The second-order valence-electron chi connectivity index (χ2n) is 6.05. The van der Waals surface area contributed by atoms with Crippen LogP contribution in [0.15, 0.2) is 24.3 Å². The fraction of sp³-hybridized carbons (Fsp3) is 0.500. The highest BCUT2D eigenvalue weighted by Gasteiger charge is 2.56. The van der Waals surface area contributed by atoms with Crippen molar-refractivity contribution in [2.75, 3.05) is 11.9 Å². The first-order valence-electron chi connectivity index (χ1n) is 7.09. The molecule has 0 bridgehead atoms. The molecule has 1 amide bonds. The summed E-state index contributed by atoms with van der Waals surface area (Å²) in [4.78, 5) is 26.3. The lowest BCUT2D eigenvalue weighted by atomic mass is 9.70.